The maximum Gasteiger partial charge on any atom is 0.138 e. The average molecular weight is 250 g/mol. The summed E-state index contributed by atoms with van der Waals surface area (Å²) in [6.07, 6.45) is 5.60. The van der Waals surface area contributed by atoms with Crippen molar-refractivity contribution in [1.29, 1.82) is 0 Å². The molecule has 0 bridgehead atoms. The van der Waals surface area contributed by atoms with Crippen LogP contribution in [0.5, 0.6) is 0 Å². The van der Waals surface area contributed by atoms with Crippen molar-refractivity contribution in [2.75, 3.05) is 13.2 Å². The molecule has 0 amide bonds. The van der Waals surface area contributed by atoms with Crippen LogP contribution in [-0.4, -0.2) is 35.4 Å². The highest BCUT2D eigenvalue weighted by Gasteiger charge is 2.34. The molecule has 100 valence electrons. The van der Waals surface area contributed by atoms with Crippen LogP contribution in [0.25, 0.3) is 0 Å². The van der Waals surface area contributed by atoms with Crippen LogP contribution in [0.3, 0.4) is 0 Å². The second-order valence-electron chi connectivity index (χ2n) is 5.53. The molecule has 4 heteroatoms. The maximum absolute atomic E-state index is 5.91. The Labute approximate surface area is 108 Å². The lowest BCUT2D eigenvalue weighted by atomic mass is 9.90. The Kier molecular flexibility index (Phi) is 3.39. The SMILES string of the molecule is Cc1noc(C)c1CN1CCO[C@@H]2CCCC[C@H]21. The molecule has 3 rings (SSSR count). The normalized spacial score (nSPS) is 29.2. The molecule has 4 nitrogen and oxygen atoms in total. The molecule has 1 aliphatic carbocycles. The van der Waals surface area contributed by atoms with Gasteiger partial charge in [-0.25, -0.2) is 0 Å². The minimum absolute atomic E-state index is 0.452. The molecule has 0 aromatic carbocycles. The Morgan fingerprint density at radius 3 is 2.89 bits per heavy atom. The first-order chi connectivity index (χ1) is 8.75. The van der Waals surface area contributed by atoms with Crippen LogP contribution in [0, 0.1) is 13.8 Å². The lowest BCUT2D eigenvalue weighted by Crippen LogP contribution is -2.52. The number of fused-ring (bicyclic) bond motifs is 1. The van der Waals surface area contributed by atoms with Crippen LogP contribution in [-0.2, 0) is 11.3 Å². The zero-order valence-electron chi connectivity index (χ0n) is 11.3. The highest BCUT2D eigenvalue weighted by molar-refractivity contribution is 5.20. The third-order valence-electron chi connectivity index (χ3n) is 4.39. The van der Waals surface area contributed by atoms with Gasteiger partial charge in [-0.05, 0) is 26.7 Å². The highest BCUT2D eigenvalue weighted by Crippen LogP contribution is 2.30. The topological polar surface area (TPSA) is 38.5 Å². The first kappa shape index (κ1) is 12.2. The van der Waals surface area contributed by atoms with Crippen molar-refractivity contribution in [3.05, 3.63) is 17.0 Å². The van der Waals surface area contributed by atoms with E-state index < -0.39 is 0 Å². The van der Waals surface area contributed by atoms with E-state index in [2.05, 4.69) is 10.1 Å². The van der Waals surface area contributed by atoms with Gasteiger partial charge in [0.1, 0.15) is 5.76 Å². The summed E-state index contributed by atoms with van der Waals surface area (Å²) < 4.78 is 11.2. The summed E-state index contributed by atoms with van der Waals surface area (Å²) >= 11 is 0. The van der Waals surface area contributed by atoms with Gasteiger partial charge >= 0.3 is 0 Å². The lowest BCUT2D eigenvalue weighted by molar-refractivity contribution is -0.0912. The van der Waals surface area contributed by atoms with Gasteiger partial charge in [-0.1, -0.05) is 18.0 Å². The fraction of sp³-hybridized carbons (Fsp3) is 0.786. The molecule has 2 atom stereocenters. The summed E-state index contributed by atoms with van der Waals surface area (Å²) in [6.45, 7) is 6.90. The predicted octanol–water partition coefficient (Wildman–Crippen LogP) is 2.43. The van der Waals surface area contributed by atoms with Crippen molar-refractivity contribution < 1.29 is 9.26 Å². The zero-order valence-corrected chi connectivity index (χ0v) is 11.3. The van der Waals surface area contributed by atoms with E-state index >= 15 is 0 Å². The van der Waals surface area contributed by atoms with Crippen LogP contribution in [0.1, 0.15) is 42.7 Å². The molecule has 1 aromatic rings. The fourth-order valence-corrected chi connectivity index (χ4v) is 3.30. The number of ether oxygens (including phenoxy) is 1. The van der Waals surface area contributed by atoms with Crippen molar-refractivity contribution >= 4 is 0 Å². The Hall–Kier alpha value is -0.870. The number of hydrogen-bond acceptors (Lipinski definition) is 4. The van der Waals surface area contributed by atoms with E-state index in [0.29, 0.717) is 12.1 Å². The van der Waals surface area contributed by atoms with Crippen LogP contribution < -0.4 is 0 Å². The molecule has 1 aromatic heterocycles. The molecular formula is C14H22N2O2. The summed E-state index contributed by atoms with van der Waals surface area (Å²) in [5, 5.41) is 4.05. The van der Waals surface area contributed by atoms with E-state index in [-0.39, 0.29) is 0 Å². The van der Waals surface area contributed by atoms with Gasteiger partial charge < -0.3 is 9.26 Å². The van der Waals surface area contributed by atoms with Crippen LogP contribution >= 0.6 is 0 Å². The quantitative estimate of drug-likeness (QED) is 0.808. The van der Waals surface area contributed by atoms with Gasteiger partial charge in [-0.15, -0.1) is 0 Å². The van der Waals surface area contributed by atoms with Gasteiger partial charge in [0.25, 0.3) is 0 Å². The third kappa shape index (κ3) is 2.19. The Bertz CT molecular complexity index is 394. The third-order valence-corrected chi connectivity index (χ3v) is 4.39. The molecule has 1 saturated carbocycles. The highest BCUT2D eigenvalue weighted by atomic mass is 16.5. The van der Waals surface area contributed by atoms with Crippen molar-refractivity contribution in [1.82, 2.24) is 10.1 Å². The van der Waals surface area contributed by atoms with E-state index in [1.54, 1.807) is 0 Å². The Morgan fingerprint density at radius 1 is 1.28 bits per heavy atom. The molecule has 1 aliphatic heterocycles. The molecule has 0 unspecified atom stereocenters. The lowest BCUT2D eigenvalue weighted by Gasteiger charge is -2.43. The van der Waals surface area contributed by atoms with Crippen LogP contribution in [0.4, 0.5) is 0 Å². The first-order valence-corrected chi connectivity index (χ1v) is 7.03. The molecule has 2 fully saturated rings. The number of nitrogens with zero attached hydrogens (tertiary/aromatic N) is 2. The Balaban J connectivity index is 1.75. The average Bonchev–Trinajstić information content (AvgIpc) is 2.71. The van der Waals surface area contributed by atoms with Gasteiger partial charge in [-0.2, -0.15) is 0 Å². The molecule has 0 N–H and O–H groups in total. The van der Waals surface area contributed by atoms with Crippen molar-refractivity contribution in [3.63, 3.8) is 0 Å². The molecule has 1 saturated heterocycles. The smallest absolute Gasteiger partial charge is 0.138 e. The summed E-state index contributed by atoms with van der Waals surface area (Å²) in [7, 11) is 0. The van der Waals surface area contributed by atoms with E-state index in [1.165, 1.54) is 31.2 Å². The molecule has 0 spiro atoms. The van der Waals surface area contributed by atoms with Crippen molar-refractivity contribution in [3.8, 4) is 0 Å². The second kappa shape index (κ2) is 5.02. The van der Waals surface area contributed by atoms with Gasteiger partial charge in [0.2, 0.25) is 0 Å². The van der Waals surface area contributed by atoms with Gasteiger partial charge in [0, 0.05) is 24.7 Å². The maximum atomic E-state index is 5.91. The summed E-state index contributed by atoms with van der Waals surface area (Å²) in [6, 6.07) is 0.598. The number of aryl methyl sites for hydroxylation is 2. The number of rotatable bonds is 2. The fourth-order valence-electron chi connectivity index (χ4n) is 3.30. The molecule has 2 heterocycles. The summed E-state index contributed by atoms with van der Waals surface area (Å²) in [5.74, 6) is 0.964. The largest absolute Gasteiger partial charge is 0.375 e. The zero-order chi connectivity index (χ0) is 12.5. The summed E-state index contributed by atoms with van der Waals surface area (Å²) in [5.41, 5.74) is 2.30. The van der Waals surface area contributed by atoms with Crippen LogP contribution in [0.2, 0.25) is 0 Å². The van der Waals surface area contributed by atoms with E-state index in [9.17, 15) is 0 Å². The second-order valence-corrected chi connectivity index (χ2v) is 5.53. The van der Waals surface area contributed by atoms with Gasteiger partial charge in [0.05, 0.1) is 18.4 Å². The monoisotopic (exact) mass is 250 g/mol. The molecule has 2 aliphatic rings. The predicted molar refractivity (Wildman–Crippen MR) is 68.4 cm³/mol. The molecular weight excluding hydrogens is 228 g/mol. The molecule has 0 radical (unpaired) electrons. The minimum Gasteiger partial charge on any atom is -0.375 e. The molecule has 18 heavy (non-hydrogen) atoms. The first-order valence-electron chi connectivity index (χ1n) is 7.03. The van der Waals surface area contributed by atoms with Gasteiger partial charge in [0.15, 0.2) is 0 Å². The van der Waals surface area contributed by atoms with E-state index in [1.807, 2.05) is 13.8 Å². The number of aromatic nitrogens is 1. The van der Waals surface area contributed by atoms with E-state index in [4.69, 9.17) is 9.26 Å². The van der Waals surface area contributed by atoms with Crippen molar-refractivity contribution in [2.24, 2.45) is 0 Å². The van der Waals surface area contributed by atoms with Crippen molar-refractivity contribution in [2.45, 2.75) is 58.2 Å². The Morgan fingerprint density at radius 2 is 2.11 bits per heavy atom. The number of morpholine rings is 1. The van der Waals surface area contributed by atoms with Crippen LogP contribution in [0.15, 0.2) is 4.52 Å². The summed E-state index contributed by atoms with van der Waals surface area (Å²) in [4.78, 5) is 2.57. The van der Waals surface area contributed by atoms with Gasteiger partial charge in [-0.3, -0.25) is 4.90 Å². The standard InChI is InChI=1S/C14H22N2O2/c1-10-12(11(2)18-15-10)9-16-7-8-17-14-6-4-3-5-13(14)16/h13-14H,3-9H2,1-2H3/t13-,14-/m1/s1. The van der Waals surface area contributed by atoms with E-state index in [0.717, 1.165) is 31.2 Å². The number of hydrogen-bond donors (Lipinski definition) is 0. The minimum atomic E-state index is 0.452.